The lowest BCUT2D eigenvalue weighted by Gasteiger charge is -2.31. The molecule has 192 valence electrons. The highest BCUT2D eigenvalue weighted by molar-refractivity contribution is 6.06. The van der Waals surface area contributed by atoms with Crippen molar-refractivity contribution in [1.82, 2.24) is 20.4 Å². The van der Waals surface area contributed by atoms with Crippen LogP contribution in [0.15, 0.2) is 48.5 Å². The molecule has 1 fully saturated rings. The highest BCUT2D eigenvalue weighted by Gasteiger charge is 2.35. The van der Waals surface area contributed by atoms with Crippen LogP contribution in [0.3, 0.4) is 0 Å². The highest BCUT2D eigenvalue weighted by Crippen LogP contribution is 2.26. The van der Waals surface area contributed by atoms with Gasteiger partial charge in [-0.05, 0) is 42.7 Å². The molecule has 1 unspecified atom stereocenters. The largest absolute Gasteiger partial charge is 0.381 e. The first-order chi connectivity index (χ1) is 17.1. The third kappa shape index (κ3) is 5.75. The maximum absolute atomic E-state index is 14.9. The number of amides is 2. The van der Waals surface area contributed by atoms with E-state index < -0.39 is 23.2 Å². The summed E-state index contributed by atoms with van der Waals surface area (Å²) in [6, 6.07) is 13.3. The highest BCUT2D eigenvalue weighted by atomic mass is 19.1. The van der Waals surface area contributed by atoms with E-state index in [1.165, 1.54) is 6.07 Å². The number of aromatic nitrogens is 2. The van der Waals surface area contributed by atoms with Gasteiger partial charge in [-0.2, -0.15) is 5.10 Å². The molecule has 36 heavy (non-hydrogen) atoms. The summed E-state index contributed by atoms with van der Waals surface area (Å²) in [7, 11) is 0. The molecule has 0 aliphatic carbocycles. The molecule has 2 atom stereocenters. The Balaban J connectivity index is 1.58. The molecule has 3 aromatic rings. The molecule has 2 heterocycles. The van der Waals surface area contributed by atoms with Crippen molar-refractivity contribution in [2.75, 3.05) is 13.2 Å². The van der Waals surface area contributed by atoms with E-state index in [4.69, 9.17) is 4.74 Å². The number of carbonyl (C=O) groups excluding carboxylic acids is 2. The molecule has 1 saturated heterocycles. The minimum Gasteiger partial charge on any atom is -0.381 e. The van der Waals surface area contributed by atoms with Crippen LogP contribution in [0.25, 0.3) is 10.9 Å². The first-order valence-electron chi connectivity index (χ1n) is 12.5. The zero-order valence-corrected chi connectivity index (χ0v) is 21.4. The van der Waals surface area contributed by atoms with E-state index in [0.717, 1.165) is 18.4 Å². The summed E-state index contributed by atoms with van der Waals surface area (Å²) < 4.78 is 21.9. The third-order valence-corrected chi connectivity index (χ3v) is 6.77. The number of nitrogens with zero attached hydrogens (tertiary/aromatic N) is 2. The van der Waals surface area contributed by atoms with Gasteiger partial charge in [-0.25, -0.2) is 4.39 Å². The lowest BCUT2D eigenvalue weighted by atomic mass is 9.85. The number of ether oxygens (including phenoxy) is 1. The van der Waals surface area contributed by atoms with Crippen LogP contribution in [0.1, 0.15) is 62.6 Å². The van der Waals surface area contributed by atoms with Crippen molar-refractivity contribution in [1.29, 1.82) is 0 Å². The number of hydrogen-bond acceptors (Lipinski definition) is 4. The Morgan fingerprint density at radius 1 is 1.08 bits per heavy atom. The van der Waals surface area contributed by atoms with Crippen molar-refractivity contribution < 1.29 is 18.7 Å². The number of rotatable bonds is 7. The maximum Gasteiger partial charge on any atom is 0.273 e. The molecule has 0 bridgehead atoms. The molecule has 2 aromatic carbocycles. The smallest absolute Gasteiger partial charge is 0.273 e. The topological polar surface area (TPSA) is 85.3 Å². The van der Waals surface area contributed by atoms with Crippen molar-refractivity contribution in [3.8, 4) is 0 Å². The standard InChI is InChI=1S/C28H35FN4O3/c1-18(20-9-6-5-7-10-20)30-27(35)25(28(2,3)4)31-26(34)23-21-11-8-12-22(29)24(21)33(32-23)17-19-13-15-36-16-14-19/h5-12,18-19,25H,13-17H2,1-4H3,(H,30,35)(H,31,34)/t18-,25?/m1/s1. The van der Waals surface area contributed by atoms with Crippen LogP contribution in [0.4, 0.5) is 4.39 Å². The summed E-state index contributed by atoms with van der Waals surface area (Å²) >= 11 is 0. The van der Waals surface area contributed by atoms with Crippen molar-refractivity contribution >= 4 is 22.7 Å². The number of nitrogens with one attached hydrogen (secondary N) is 2. The predicted octanol–water partition coefficient (Wildman–Crippen LogP) is 4.62. The Kier molecular flexibility index (Phi) is 7.73. The lowest BCUT2D eigenvalue weighted by molar-refractivity contribution is -0.126. The molecule has 7 nitrogen and oxygen atoms in total. The number of carbonyl (C=O) groups is 2. The van der Waals surface area contributed by atoms with Crippen molar-refractivity contribution in [2.24, 2.45) is 11.3 Å². The number of fused-ring (bicyclic) bond motifs is 1. The second kappa shape index (κ2) is 10.8. The Morgan fingerprint density at radius 3 is 2.44 bits per heavy atom. The fourth-order valence-electron chi connectivity index (χ4n) is 4.66. The van der Waals surface area contributed by atoms with Crippen LogP contribution in [0.2, 0.25) is 0 Å². The molecule has 0 radical (unpaired) electrons. The fourth-order valence-corrected chi connectivity index (χ4v) is 4.66. The summed E-state index contributed by atoms with van der Waals surface area (Å²) in [5, 5.41) is 10.9. The Bertz CT molecular complexity index is 1210. The van der Waals surface area contributed by atoms with Crippen molar-refractivity contribution in [3.05, 3.63) is 65.6 Å². The Morgan fingerprint density at radius 2 is 1.78 bits per heavy atom. The van der Waals surface area contributed by atoms with E-state index in [0.29, 0.717) is 36.6 Å². The summed E-state index contributed by atoms with van der Waals surface area (Å²) in [6.45, 7) is 9.44. The van der Waals surface area contributed by atoms with Crippen molar-refractivity contribution in [2.45, 2.75) is 59.2 Å². The van der Waals surface area contributed by atoms with Crippen molar-refractivity contribution in [3.63, 3.8) is 0 Å². The second-order valence-electron chi connectivity index (χ2n) is 10.6. The van der Waals surface area contributed by atoms with Gasteiger partial charge in [0.2, 0.25) is 5.91 Å². The van der Waals surface area contributed by atoms with E-state index in [-0.39, 0.29) is 17.6 Å². The Labute approximate surface area is 211 Å². The van der Waals surface area contributed by atoms with Gasteiger partial charge in [0.15, 0.2) is 5.69 Å². The van der Waals surface area contributed by atoms with E-state index in [1.807, 2.05) is 58.0 Å². The first-order valence-corrected chi connectivity index (χ1v) is 12.5. The van der Waals surface area contributed by atoms with Crippen LogP contribution >= 0.6 is 0 Å². The van der Waals surface area contributed by atoms with Gasteiger partial charge in [-0.15, -0.1) is 0 Å². The van der Waals surface area contributed by atoms with Crippen LogP contribution in [-0.2, 0) is 16.1 Å². The number of para-hydroxylation sites is 1. The molecule has 0 spiro atoms. The van der Waals surface area contributed by atoms with E-state index in [9.17, 15) is 14.0 Å². The normalized spacial score (nSPS) is 16.5. The monoisotopic (exact) mass is 494 g/mol. The summed E-state index contributed by atoms with van der Waals surface area (Å²) in [4.78, 5) is 26.8. The SMILES string of the molecule is C[C@@H](NC(=O)C(NC(=O)c1nn(CC2CCOCC2)c2c(F)cccc12)C(C)(C)C)c1ccccc1. The van der Waals surface area contributed by atoms with Gasteiger partial charge in [0.1, 0.15) is 17.4 Å². The van der Waals surface area contributed by atoms with Crippen LogP contribution in [0.5, 0.6) is 0 Å². The molecule has 2 N–H and O–H groups in total. The van der Waals surface area contributed by atoms with Gasteiger partial charge in [0.05, 0.1) is 6.04 Å². The molecule has 8 heteroatoms. The first kappa shape index (κ1) is 25.8. The minimum absolute atomic E-state index is 0.120. The molecule has 4 rings (SSSR count). The fraction of sp³-hybridized carbons (Fsp3) is 0.464. The van der Waals surface area contributed by atoms with Gasteiger partial charge >= 0.3 is 0 Å². The lowest BCUT2D eigenvalue weighted by Crippen LogP contribution is -2.54. The van der Waals surface area contributed by atoms with E-state index in [2.05, 4.69) is 15.7 Å². The molecule has 2 amide bonds. The van der Waals surface area contributed by atoms with Gasteiger partial charge in [0.25, 0.3) is 5.91 Å². The molecule has 0 saturated carbocycles. The van der Waals surface area contributed by atoms with Gasteiger partial charge in [-0.1, -0.05) is 63.2 Å². The van der Waals surface area contributed by atoms with Crippen LogP contribution in [0, 0.1) is 17.2 Å². The van der Waals surface area contributed by atoms with Gasteiger partial charge in [-0.3, -0.25) is 14.3 Å². The van der Waals surface area contributed by atoms with Gasteiger partial charge in [0, 0.05) is 25.1 Å². The second-order valence-corrected chi connectivity index (χ2v) is 10.6. The summed E-state index contributed by atoms with van der Waals surface area (Å²) in [5.74, 6) is -0.916. The van der Waals surface area contributed by atoms with Crippen LogP contribution in [-0.4, -0.2) is 40.9 Å². The average molecular weight is 495 g/mol. The summed E-state index contributed by atoms with van der Waals surface area (Å²) in [5.41, 5.74) is 0.832. The zero-order chi connectivity index (χ0) is 25.9. The van der Waals surface area contributed by atoms with E-state index in [1.54, 1.807) is 16.8 Å². The molecule has 1 aliphatic heterocycles. The quantitative estimate of drug-likeness (QED) is 0.502. The predicted molar refractivity (Wildman–Crippen MR) is 137 cm³/mol. The third-order valence-electron chi connectivity index (χ3n) is 6.77. The molecular formula is C28H35FN4O3. The van der Waals surface area contributed by atoms with Crippen LogP contribution < -0.4 is 10.6 Å². The number of halogens is 1. The number of hydrogen-bond donors (Lipinski definition) is 2. The Hall–Kier alpha value is -3.26. The maximum atomic E-state index is 14.9. The van der Waals surface area contributed by atoms with Gasteiger partial charge < -0.3 is 15.4 Å². The molecular weight excluding hydrogens is 459 g/mol. The minimum atomic E-state index is -0.819. The zero-order valence-electron chi connectivity index (χ0n) is 21.4. The van der Waals surface area contributed by atoms with E-state index >= 15 is 0 Å². The molecule has 1 aliphatic rings. The summed E-state index contributed by atoms with van der Waals surface area (Å²) in [6.07, 6.45) is 1.73. The number of benzene rings is 2. The average Bonchev–Trinajstić information content (AvgIpc) is 3.22. The molecule has 1 aromatic heterocycles.